The van der Waals surface area contributed by atoms with E-state index in [9.17, 15) is 5.26 Å². The summed E-state index contributed by atoms with van der Waals surface area (Å²) in [6, 6.07) is 24.4. The van der Waals surface area contributed by atoms with Crippen molar-refractivity contribution in [3.63, 3.8) is 0 Å². The average Bonchev–Trinajstić information content (AvgIpc) is 2.74. The predicted octanol–water partition coefficient (Wildman–Crippen LogP) is 4.60. The molecule has 1 aliphatic rings. The number of benzene rings is 3. The first-order valence-corrected chi connectivity index (χ1v) is 9.23. The quantitative estimate of drug-likeness (QED) is 0.691. The second kappa shape index (κ2) is 7.50. The van der Waals surface area contributed by atoms with Crippen molar-refractivity contribution in [2.24, 2.45) is 0 Å². The first-order chi connectivity index (χ1) is 13.3. The van der Waals surface area contributed by atoms with Crippen LogP contribution in [0.3, 0.4) is 0 Å². The maximum Gasteiger partial charge on any atom is 0.0998 e. The summed E-state index contributed by atoms with van der Waals surface area (Å²) >= 11 is 0. The minimum atomic E-state index is 0.687. The van der Waals surface area contributed by atoms with E-state index in [-0.39, 0.29) is 0 Å². The second-order valence-corrected chi connectivity index (χ2v) is 6.82. The predicted molar refractivity (Wildman–Crippen MR) is 107 cm³/mol. The normalized spacial score (nSPS) is 14.7. The van der Waals surface area contributed by atoms with Crippen molar-refractivity contribution in [1.29, 1.82) is 10.5 Å². The molecule has 4 rings (SSSR count). The lowest BCUT2D eigenvalue weighted by Gasteiger charge is -2.41. The summed E-state index contributed by atoms with van der Waals surface area (Å²) in [5, 5.41) is 25.3. The largest absolute Gasteiger partial charge is 0.305 e. The molecule has 1 fully saturated rings. The van der Waals surface area contributed by atoms with E-state index in [1.807, 2.05) is 48.5 Å². The van der Waals surface area contributed by atoms with Crippen LogP contribution in [0.5, 0.6) is 0 Å². The number of fused-ring (bicyclic) bond motifs is 1. The Morgan fingerprint density at radius 2 is 1.52 bits per heavy atom. The number of hydrogen-bond donors (Lipinski definition) is 0. The molecule has 0 radical (unpaired) electrons. The van der Waals surface area contributed by atoms with Crippen LogP contribution in [-0.2, 0) is 6.54 Å². The summed E-state index contributed by atoms with van der Waals surface area (Å²) in [5.41, 5.74) is 3.74. The molecule has 1 aliphatic heterocycles. The molecule has 0 spiro atoms. The molecule has 0 aromatic heterocycles. The summed E-state index contributed by atoms with van der Waals surface area (Å²) in [6.45, 7) is 2.76. The molecule has 0 N–H and O–H groups in total. The number of hydrogen-bond acceptors (Lipinski definition) is 4. The zero-order valence-corrected chi connectivity index (χ0v) is 15.1. The fourth-order valence-electron chi connectivity index (χ4n) is 3.76. The summed E-state index contributed by atoms with van der Waals surface area (Å²) < 4.78 is 0. The highest BCUT2D eigenvalue weighted by atomic mass is 15.6. The van der Waals surface area contributed by atoms with E-state index < -0.39 is 0 Å². The van der Waals surface area contributed by atoms with Gasteiger partial charge in [-0.25, -0.2) is 5.01 Å². The van der Waals surface area contributed by atoms with E-state index in [4.69, 9.17) is 5.26 Å². The molecule has 0 saturated carbocycles. The molecule has 4 nitrogen and oxygen atoms in total. The fourth-order valence-corrected chi connectivity index (χ4v) is 3.76. The Hall–Kier alpha value is -3.34. The van der Waals surface area contributed by atoms with Crippen molar-refractivity contribution < 1.29 is 0 Å². The summed E-state index contributed by atoms with van der Waals surface area (Å²) in [5.74, 6) is 0. The molecule has 0 unspecified atom stereocenters. The SMILES string of the molecule is N#Cc1ccc(CN2CCCCN2c2ccc(C#N)c3ccccc23)cc1. The average molecular weight is 352 g/mol. The monoisotopic (exact) mass is 352 g/mol. The Bertz CT molecular complexity index is 1040. The van der Waals surface area contributed by atoms with Crippen molar-refractivity contribution in [1.82, 2.24) is 5.01 Å². The minimum absolute atomic E-state index is 0.687. The van der Waals surface area contributed by atoms with Gasteiger partial charge in [0, 0.05) is 30.4 Å². The third-order valence-corrected chi connectivity index (χ3v) is 5.13. The molecule has 0 bridgehead atoms. The first-order valence-electron chi connectivity index (χ1n) is 9.23. The van der Waals surface area contributed by atoms with Gasteiger partial charge in [0.05, 0.1) is 29.0 Å². The van der Waals surface area contributed by atoms with Gasteiger partial charge in [0.15, 0.2) is 0 Å². The van der Waals surface area contributed by atoms with Gasteiger partial charge < -0.3 is 5.01 Å². The van der Waals surface area contributed by atoms with Crippen LogP contribution in [0.2, 0.25) is 0 Å². The minimum Gasteiger partial charge on any atom is -0.305 e. The zero-order valence-electron chi connectivity index (χ0n) is 15.1. The Morgan fingerprint density at radius 1 is 0.778 bits per heavy atom. The summed E-state index contributed by atoms with van der Waals surface area (Å²) in [4.78, 5) is 0. The van der Waals surface area contributed by atoms with Crippen molar-refractivity contribution >= 4 is 16.5 Å². The number of nitriles is 2. The van der Waals surface area contributed by atoms with E-state index >= 15 is 0 Å². The molecule has 132 valence electrons. The number of nitrogens with zero attached hydrogens (tertiary/aromatic N) is 4. The van der Waals surface area contributed by atoms with Gasteiger partial charge in [-0.15, -0.1) is 0 Å². The van der Waals surface area contributed by atoms with Gasteiger partial charge in [0.1, 0.15) is 0 Å². The highest BCUT2D eigenvalue weighted by Gasteiger charge is 2.22. The first kappa shape index (κ1) is 17.1. The second-order valence-electron chi connectivity index (χ2n) is 6.82. The van der Waals surface area contributed by atoms with Crippen LogP contribution in [0.25, 0.3) is 10.8 Å². The molecule has 1 heterocycles. The van der Waals surface area contributed by atoms with E-state index in [2.05, 4.69) is 34.3 Å². The van der Waals surface area contributed by atoms with Crippen LogP contribution in [0, 0.1) is 22.7 Å². The Kier molecular flexibility index (Phi) is 4.75. The van der Waals surface area contributed by atoms with Crippen molar-refractivity contribution in [2.45, 2.75) is 19.4 Å². The fraction of sp³-hybridized carbons (Fsp3) is 0.217. The molecule has 27 heavy (non-hydrogen) atoms. The van der Waals surface area contributed by atoms with Crippen molar-refractivity contribution in [2.75, 3.05) is 18.1 Å². The smallest absolute Gasteiger partial charge is 0.0998 e. The Labute approximate surface area is 159 Å². The van der Waals surface area contributed by atoms with Crippen molar-refractivity contribution in [3.8, 4) is 12.1 Å². The van der Waals surface area contributed by atoms with Crippen LogP contribution in [0.1, 0.15) is 29.5 Å². The van der Waals surface area contributed by atoms with E-state index in [0.29, 0.717) is 11.1 Å². The van der Waals surface area contributed by atoms with Crippen LogP contribution < -0.4 is 5.01 Å². The maximum absolute atomic E-state index is 9.43. The van der Waals surface area contributed by atoms with Gasteiger partial charge in [-0.1, -0.05) is 36.4 Å². The maximum atomic E-state index is 9.43. The van der Waals surface area contributed by atoms with Gasteiger partial charge in [-0.05, 0) is 42.7 Å². The van der Waals surface area contributed by atoms with E-state index in [0.717, 1.165) is 42.5 Å². The molecule has 3 aromatic carbocycles. The third-order valence-electron chi connectivity index (χ3n) is 5.13. The molecule has 4 heteroatoms. The van der Waals surface area contributed by atoms with Crippen LogP contribution >= 0.6 is 0 Å². The van der Waals surface area contributed by atoms with Crippen LogP contribution in [0.4, 0.5) is 5.69 Å². The van der Waals surface area contributed by atoms with Crippen LogP contribution in [0.15, 0.2) is 60.7 Å². The lowest BCUT2D eigenvalue weighted by Crippen LogP contribution is -2.47. The van der Waals surface area contributed by atoms with Gasteiger partial charge in [-0.2, -0.15) is 10.5 Å². The highest BCUT2D eigenvalue weighted by molar-refractivity contribution is 5.97. The molecular weight excluding hydrogens is 332 g/mol. The van der Waals surface area contributed by atoms with Crippen LogP contribution in [-0.4, -0.2) is 18.1 Å². The topological polar surface area (TPSA) is 54.1 Å². The number of rotatable bonds is 3. The molecule has 3 aromatic rings. The Morgan fingerprint density at radius 3 is 2.26 bits per heavy atom. The molecule has 0 atom stereocenters. The third kappa shape index (κ3) is 3.36. The van der Waals surface area contributed by atoms with Gasteiger partial charge >= 0.3 is 0 Å². The molecule has 0 aliphatic carbocycles. The van der Waals surface area contributed by atoms with Gasteiger partial charge in [0.25, 0.3) is 0 Å². The highest BCUT2D eigenvalue weighted by Crippen LogP contribution is 2.32. The zero-order chi connectivity index (χ0) is 18.6. The van der Waals surface area contributed by atoms with Gasteiger partial charge in [0.2, 0.25) is 0 Å². The molecule has 0 amide bonds. The standard InChI is InChI=1S/C23H20N4/c24-15-18-7-9-19(10-8-18)17-26-13-3-4-14-27(26)23-12-11-20(16-25)21-5-1-2-6-22(21)23/h1-2,5-12H,3-4,13-14,17H2. The molecule has 1 saturated heterocycles. The Balaban J connectivity index is 1.70. The lowest BCUT2D eigenvalue weighted by atomic mass is 10.0. The van der Waals surface area contributed by atoms with Crippen molar-refractivity contribution in [3.05, 3.63) is 77.4 Å². The van der Waals surface area contributed by atoms with E-state index in [1.165, 1.54) is 12.0 Å². The lowest BCUT2D eigenvalue weighted by molar-refractivity contribution is 0.205. The molecular formula is C23H20N4. The number of anilines is 1. The van der Waals surface area contributed by atoms with E-state index in [1.54, 1.807) is 0 Å². The summed E-state index contributed by atoms with van der Waals surface area (Å²) in [7, 11) is 0. The number of hydrazine groups is 1. The van der Waals surface area contributed by atoms with Gasteiger partial charge in [-0.3, -0.25) is 0 Å². The summed E-state index contributed by atoms with van der Waals surface area (Å²) in [6.07, 6.45) is 2.32.